The SMILES string of the molecule is FC(F)(F)c1ccc(NCc2ccc(-n3cncn3)cc2)cc1. The summed E-state index contributed by atoms with van der Waals surface area (Å²) in [5, 5.41) is 7.13. The number of anilines is 1. The average Bonchev–Trinajstić information content (AvgIpc) is 3.07. The van der Waals surface area contributed by atoms with Gasteiger partial charge in [0, 0.05) is 12.2 Å². The lowest BCUT2D eigenvalue weighted by Crippen LogP contribution is -2.05. The molecule has 0 saturated heterocycles. The molecule has 0 radical (unpaired) electrons. The Hall–Kier alpha value is -2.83. The fraction of sp³-hybridized carbons (Fsp3) is 0.125. The summed E-state index contributed by atoms with van der Waals surface area (Å²) in [5.74, 6) is 0. The Morgan fingerprint density at radius 1 is 0.957 bits per heavy atom. The van der Waals surface area contributed by atoms with E-state index in [1.165, 1.54) is 18.5 Å². The number of hydrogen-bond acceptors (Lipinski definition) is 3. The summed E-state index contributed by atoms with van der Waals surface area (Å²) in [5.41, 5.74) is 1.88. The van der Waals surface area contributed by atoms with Crippen LogP contribution in [0.3, 0.4) is 0 Å². The average molecular weight is 318 g/mol. The normalized spacial score (nSPS) is 11.4. The highest BCUT2D eigenvalue weighted by Crippen LogP contribution is 2.29. The summed E-state index contributed by atoms with van der Waals surface area (Å²) >= 11 is 0. The number of alkyl halides is 3. The first-order chi connectivity index (χ1) is 11.0. The Labute approximate surface area is 130 Å². The van der Waals surface area contributed by atoms with E-state index in [0.717, 1.165) is 23.4 Å². The van der Waals surface area contributed by atoms with Crippen LogP contribution >= 0.6 is 0 Å². The number of halogens is 3. The van der Waals surface area contributed by atoms with Gasteiger partial charge in [-0.15, -0.1) is 0 Å². The van der Waals surface area contributed by atoms with Gasteiger partial charge in [0.05, 0.1) is 11.3 Å². The molecule has 0 unspecified atom stereocenters. The summed E-state index contributed by atoms with van der Waals surface area (Å²) in [7, 11) is 0. The van der Waals surface area contributed by atoms with Crippen LogP contribution in [-0.4, -0.2) is 14.8 Å². The van der Waals surface area contributed by atoms with Gasteiger partial charge < -0.3 is 5.32 Å². The van der Waals surface area contributed by atoms with E-state index in [2.05, 4.69) is 15.4 Å². The molecule has 23 heavy (non-hydrogen) atoms. The van der Waals surface area contributed by atoms with Crippen LogP contribution in [0.25, 0.3) is 5.69 Å². The predicted molar refractivity (Wildman–Crippen MR) is 80.1 cm³/mol. The molecule has 1 heterocycles. The molecule has 0 fully saturated rings. The van der Waals surface area contributed by atoms with Crippen LogP contribution in [0.5, 0.6) is 0 Å². The van der Waals surface area contributed by atoms with E-state index in [1.807, 2.05) is 24.3 Å². The van der Waals surface area contributed by atoms with Crippen molar-refractivity contribution >= 4 is 5.69 Å². The van der Waals surface area contributed by atoms with Crippen molar-refractivity contribution in [1.82, 2.24) is 14.8 Å². The van der Waals surface area contributed by atoms with Crippen LogP contribution in [0.15, 0.2) is 61.2 Å². The standard InChI is InChI=1S/C16H13F3N4/c17-16(18,19)13-3-5-14(6-4-13)21-9-12-1-7-15(8-2-12)23-11-20-10-22-23/h1-8,10-11,21H,9H2. The lowest BCUT2D eigenvalue weighted by atomic mass is 10.1. The molecule has 0 spiro atoms. The van der Waals surface area contributed by atoms with Crippen molar-refractivity contribution in [2.24, 2.45) is 0 Å². The molecule has 4 nitrogen and oxygen atoms in total. The molecule has 3 aromatic rings. The first-order valence-electron chi connectivity index (χ1n) is 6.87. The number of nitrogens with zero attached hydrogens (tertiary/aromatic N) is 3. The first kappa shape index (κ1) is 15.1. The van der Waals surface area contributed by atoms with Crippen LogP contribution in [-0.2, 0) is 12.7 Å². The van der Waals surface area contributed by atoms with E-state index in [0.29, 0.717) is 12.2 Å². The molecule has 0 amide bonds. The van der Waals surface area contributed by atoms with Gasteiger partial charge in [0.1, 0.15) is 12.7 Å². The number of benzene rings is 2. The van der Waals surface area contributed by atoms with Gasteiger partial charge in [0.15, 0.2) is 0 Å². The third-order valence-electron chi connectivity index (χ3n) is 3.33. The van der Waals surface area contributed by atoms with E-state index < -0.39 is 11.7 Å². The molecule has 118 valence electrons. The summed E-state index contributed by atoms with van der Waals surface area (Å²) in [6, 6.07) is 12.6. The zero-order valence-corrected chi connectivity index (χ0v) is 12.0. The molecule has 7 heteroatoms. The van der Waals surface area contributed by atoms with Crippen LogP contribution in [0.2, 0.25) is 0 Å². The quantitative estimate of drug-likeness (QED) is 0.793. The molecule has 0 atom stereocenters. The molecular formula is C16H13F3N4. The van der Waals surface area contributed by atoms with Gasteiger partial charge in [0.2, 0.25) is 0 Å². The lowest BCUT2D eigenvalue weighted by molar-refractivity contribution is -0.137. The van der Waals surface area contributed by atoms with Gasteiger partial charge in [-0.25, -0.2) is 9.67 Å². The third-order valence-corrected chi connectivity index (χ3v) is 3.33. The minimum atomic E-state index is -4.31. The van der Waals surface area contributed by atoms with Crippen LogP contribution in [0, 0.1) is 0 Å². The van der Waals surface area contributed by atoms with Crippen molar-refractivity contribution in [1.29, 1.82) is 0 Å². The van der Waals surface area contributed by atoms with Crippen molar-refractivity contribution in [2.45, 2.75) is 12.7 Å². The van der Waals surface area contributed by atoms with Crippen molar-refractivity contribution in [3.63, 3.8) is 0 Å². The Kier molecular flexibility index (Phi) is 4.01. The largest absolute Gasteiger partial charge is 0.416 e. The van der Waals surface area contributed by atoms with E-state index in [-0.39, 0.29) is 0 Å². The minimum absolute atomic E-state index is 0.517. The summed E-state index contributed by atoms with van der Waals surface area (Å²) in [6.45, 7) is 0.517. The highest BCUT2D eigenvalue weighted by molar-refractivity contribution is 5.46. The molecule has 0 aliphatic rings. The fourth-order valence-corrected chi connectivity index (χ4v) is 2.09. The Morgan fingerprint density at radius 3 is 2.22 bits per heavy atom. The zero-order valence-electron chi connectivity index (χ0n) is 12.0. The van der Waals surface area contributed by atoms with Gasteiger partial charge in [-0.3, -0.25) is 0 Å². The van der Waals surface area contributed by atoms with Crippen LogP contribution in [0.4, 0.5) is 18.9 Å². The molecule has 0 aliphatic carbocycles. The van der Waals surface area contributed by atoms with Crippen molar-refractivity contribution in [3.8, 4) is 5.69 Å². The van der Waals surface area contributed by atoms with Crippen molar-refractivity contribution < 1.29 is 13.2 Å². The number of nitrogens with one attached hydrogen (secondary N) is 1. The second-order valence-electron chi connectivity index (χ2n) is 4.94. The van der Waals surface area contributed by atoms with Crippen LogP contribution < -0.4 is 5.32 Å². The van der Waals surface area contributed by atoms with Crippen molar-refractivity contribution in [3.05, 3.63) is 72.3 Å². The van der Waals surface area contributed by atoms with Gasteiger partial charge in [-0.05, 0) is 42.0 Å². The van der Waals surface area contributed by atoms with Gasteiger partial charge >= 0.3 is 6.18 Å². The molecule has 2 aromatic carbocycles. The fourth-order valence-electron chi connectivity index (χ4n) is 2.09. The summed E-state index contributed by atoms with van der Waals surface area (Å²) < 4.78 is 39.1. The molecule has 0 bridgehead atoms. The number of rotatable bonds is 4. The number of hydrogen-bond donors (Lipinski definition) is 1. The molecule has 0 saturated carbocycles. The molecular weight excluding hydrogens is 305 g/mol. The Morgan fingerprint density at radius 2 is 1.65 bits per heavy atom. The maximum Gasteiger partial charge on any atom is 0.416 e. The first-order valence-corrected chi connectivity index (χ1v) is 6.87. The van der Waals surface area contributed by atoms with Gasteiger partial charge in [-0.1, -0.05) is 12.1 Å². The van der Waals surface area contributed by atoms with E-state index in [9.17, 15) is 13.2 Å². The highest BCUT2D eigenvalue weighted by Gasteiger charge is 2.29. The summed E-state index contributed by atoms with van der Waals surface area (Å²) in [6.07, 6.45) is -1.24. The lowest BCUT2D eigenvalue weighted by Gasteiger charge is -2.10. The second kappa shape index (κ2) is 6.12. The molecule has 0 aliphatic heterocycles. The van der Waals surface area contributed by atoms with Crippen molar-refractivity contribution in [2.75, 3.05) is 5.32 Å². The monoisotopic (exact) mass is 318 g/mol. The smallest absolute Gasteiger partial charge is 0.381 e. The maximum atomic E-state index is 12.5. The highest BCUT2D eigenvalue weighted by atomic mass is 19.4. The minimum Gasteiger partial charge on any atom is -0.381 e. The van der Waals surface area contributed by atoms with Crippen LogP contribution in [0.1, 0.15) is 11.1 Å². The topological polar surface area (TPSA) is 42.7 Å². The van der Waals surface area contributed by atoms with E-state index >= 15 is 0 Å². The van der Waals surface area contributed by atoms with Gasteiger partial charge in [0.25, 0.3) is 0 Å². The van der Waals surface area contributed by atoms with E-state index in [4.69, 9.17) is 0 Å². The predicted octanol–water partition coefficient (Wildman–Crippen LogP) is 3.90. The molecule has 1 N–H and O–H groups in total. The molecule has 3 rings (SSSR count). The van der Waals surface area contributed by atoms with E-state index in [1.54, 1.807) is 11.0 Å². The Bertz CT molecular complexity index is 748. The number of aromatic nitrogens is 3. The molecule has 1 aromatic heterocycles. The zero-order chi connectivity index (χ0) is 16.3. The van der Waals surface area contributed by atoms with Gasteiger partial charge in [-0.2, -0.15) is 18.3 Å². The second-order valence-corrected chi connectivity index (χ2v) is 4.94. The maximum absolute atomic E-state index is 12.5. The summed E-state index contributed by atoms with van der Waals surface area (Å²) in [4.78, 5) is 3.88. The Balaban J connectivity index is 1.62. The third kappa shape index (κ3) is 3.68.